The first-order chi connectivity index (χ1) is 8.66. The highest BCUT2D eigenvalue weighted by Gasteiger charge is 2.22. The molecular formula is C16H28Cl2N2. The van der Waals surface area contributed by atoms with Crippen molar-refractivity contribution in [1.29, 1.82) is 0 Å². The molecule has 0 radical (unpaired) electrons. The van der Waals surface area contributed by atoms with E-state index < -0.39 is 0 Å². The summed E-state index contributed by atoms with van der Waals surface area (Å²) in [4.78, 5) is 2.64. The summed E-state index contributed by atoms with van der Waals surface area (Å²) < 4.78 is 0. The maximum Gasteiger partial charge on any atom is 0.0351 e. The van der Waals surface area contributed by atoms with Crippen LogP contribution >= 0.6 is 24.8 Å². The van der Waals surface area contributed by atoms with E-state index in [2.05, 4.69) is 55.3 Å². The molecule has 1 aromatic carbocycles. The van der Waals surface area contributed by atoms with Gasteiger partial charge in [-0.25, -0.2) is 0 Å². The zero-order valence-electron chi connectivity index (χ0n) is 12.8. The van der Waals surface area contributed by atoms with Crippen LogP contribution in [0.15, 0.2) is 24.3 Å². The SMILES string of the molecule is Cc1ccc([C@H](CC(C)C)N2CCNCC2)cc1.Cl.Cl. The van der Waals surface area contributed by atoms with Crippen molar-refractivity contribution in [2.75, 3.05) is 26.2 Å². The van der Waals surface area contributed by atoms with Crippen LogP contribution in [0.5, 0.6) is 0 Å². The van der Waals surface area contributed by atoms with E-state index >= 15 is 0 Å². The summed E-state index contributed by atoms with van der Waals surface area (Å²) in [5, 5.41) is 3.44. The Morgan fingerprint density at radius 1 is 1.05 bits per heavy atom. The zero-order valence-corrected chi connectivity index (χ0v) is 14.4. The molecule has 2 rings (SSSR count). The topological polar surface area (TPSA) is 15.3 Å². The Morgan fingerprint density at radius 2 is 1.60 bits per heavy atom. The summed E-state index contributed by atoms with van der Waals surface area (Å²) in [5.74, 6) is 0.742. The van der Waals surface area contributed by atoms with Crippen molar-refractivity contribution in [3.8, 4) is 0 Å². The van der Waals surface area contributed by atoms with Gasteiger partial charge in [-0.3, -0.25) is 4.90 Å². The Hall–Kier alpha value is -0.280. The first-order valence-corrected chi connectivity index (χ1v) is 7.18. The third-order valence-corrected chi connectivity index (χ3v) is 3.75. The maximum atomic E-state index is 3.44. The van der Waals surface area contributed by atoms with Crippen molar-refractivity contribution in [3.05, 3.63) is 35.4 Å². The van der Waals surface area contributed by atoms with Crippen LogP contribution in [0.1, 0.15) is 37.4 Å². The number of nitrogens with one attached hydrogen (secondary N) is 1. The summed E-state index contributed by atoms with van der Waals surface area (Å²) in [6.07, 6.45) is 1.25. The van der Waals surface area contributed by atoms with Gasteiger partial charge in [-0.1, -0.05) is 43.7 Å². The molecule has 1 atom stereocenters. The van der Waals surface area contributed by atoms with E-state index in [9.17, 15) is 0 Å². The predicted molar refractivity (Wildman–Crippen MR) is 92.3 cm³/mol. The predicted octanol–water partition coefficient (Wildman–Crippen LogP) is 3.83. The number of rotatable bonds is 4. The fraction of sp³-hybridized carbons (Fsp3) is 0.625. The molecule has 1 aliphatic heterocycles. The molecule has 1 N–H and O–H groups in total. The van der Waals surface area contributed by atoms with Crippen LogP contribution in [0, 0.1) is 12.8 Å². The minimum atomic E-state index is 0. The smallest absolute Gasteiger partial charge is 0.0351 e. The molecule has 1 aliphatic rings. The van der Waals surface area contributed by atoms with Gasteiger partial charge in [-0.05, 0) is 24.8 Å². The number of hydrogen-bond acceptors (Lipinski definition) is 2. The van der Waals surface area contributed by atoms with Crippen LogP contribution in [-0.4, -0.2) is 31.1 Å². The van der Waals surface area contributed by atoms with E-state index in [0.717, 1.165) is 19.0 Å². The normalized spacial score (nSPS) is 17.2. The molecule has 0 spiro atoms. The van der Waals surface area contributed by atoms with Crippen LogP contribution in [0.2, 0.25) is 0 Å². The standard InChI is InChI=1S/C16H26N2.2ClH/c1-13(2)12-16(18-10-8-17-9-11-18)15-6-4-14(3)5-7-15;;/h4-7,13,16-17H,8-12H2,1-3H3;2*1H/t16-;;/m0../s1. The third-order valence-electron chi connectivity index (χ3n) is 3.75. The molecule has 1 fully saturated rings. The second-order valence-electron chi connectivity index (χ2n) is 5.84. The van der Waals surface area contributed by atoms with Gasteiger partial charge in [0.1, 0.15) is 0 Å². The second-order valence-corrected chi connectivity index (χ2v) is 5.84. The molecule has 2 nitrogen and oxygen atoms in total. The van der Waals surface area contributed by atoms with Gasteiger partial charge in [0.25, 0.3) is 0 Å². The fourth-order valence-electron chi connectivity index (χ4n) is 2.72. The van der Waals surface area contributed by atoms with E-state index in [0.29, 0.717) is 6.04 Å². The Kier molecular flexibility index (Phi) is 9.48. The lowest BCUT2D eigenvalue weighted by molar-refractivity contribution is 0.154. The number of piperazine rings is 1. The van der Waals surface area contributed by atoms with Crippen molar-refractivity contribution >= 4 is 24.8 Å². The Balaban J connectivity index is 0.00000180. The molecule has 0 saturated carbocycles. The molecule has 0 aliphatic carbocycles. The van der Waals surface area contributed by atoms with Crippen LogP contribution in [0.25, 0.3) is 0 Å². The lowest BCUT2D eigenvalue weighted by Crippen LogP contribution is -2.45. The van der Waals surface area contributed by atoms with Gasteiger partial charge in [-0.15, -0.1) is 24.8 Å². The van der Waals surface area contributed by atoms with Gasteiger partial charge in [0.05, 0.1) is 0 Å². The van der Waals surface area contributed by atoms with Gasteiger partial charge in [0, 0.05) is 32.2 Å². The number of aryl methyl sites for hydroxylation is 1. The molecule has 1 saturated heterocycles. The van der Waals surface area contributed by atoms with Crippen molar-refractivity contribution in [2.24, 2.45) is 5.92 Å². The number of benzene rings is 1. The summed E-state index contributed by atoms with van der Waals surface area (Å²) in [5.41, 5.74) is 2.83. The monoisotopic (exact) mass is 318 g/mol. The van der Waals surface area contributed by atoms with Crippen molar-refractivity contribution < 1.29 is 0 Å². The minimum absolute atomic E-state index is 0. The van der Waals surface area contributed by atoms with Gasteiger partial charge in [-0.2, -0.15) is 0 Å². The molecule has 0 aromatic heterocycles. The van der Waals surface area contributed by atoms with E-state index in [1.807, 2.05) is 0 Å². The highest BCUT2D eigenvalue weighted by atomic mass is 35.5. The molecule has 0 bridgehead atoms. The van der Waals surface area contributed by atoms with E-state index in [-0.39, 0.29) is 24.8 Å². The van der Waals surface area contributed by atoms with Crippen molar-refractivity contribution in [2.45, 2.75) is 33.2 Å². The van der Waals surface area contributed by atoms with Crippen molar-refractivity contribution in [3.63, 3.8) is 0 Å². The van der Waals surface area contributed by atoms with Gasteiger partial charge in [0.2, 0.25) is 0 Å². The maximum absolute atomic E-state index is 3.44. The molecule has 0 amide bonds. The molecule has 116 valence electrons. The highest BCUT2D eigenvalue weighted by Crippen LogP contribution is 2.28. The van der Waals surface area contributed by atoms with Gasteiger partial charge >= 0.3 is 0 Å². The molecule has 0 unspecified atom stereocenters. The summed E-state index contributed by atoms with van der Waals surface area (Å²) in [6, 6.07) is 9.69. The third kappa shape index (κ3) is 5.61. The first-order valence-electron chi connectivity index (χ1n) is 7.18. The van der Waals surface area contributed by atoms with Crippen LogP contribution in [0.3, 0.4) is 0 Å². The summed E-state index contributed by atoms with van der Waals surface area (Å²) in [6.45, 7) is 11.4. The van der Waals surface area contributed by atoms with E-state index in [4.69, 9.17) is 0 Å². The molecule has 1 aromatic rings. The Morgan fingerprint density at radius 3 is 2.10 bits per heavy atom. The van der Waals surface area contributed by atoms with Crippen LogP contribution < -0.4 is 5.32 Å². The molecule has 1 heterocycles. The lowest BCUT2D eigenvalue weighted by atomic mass is 9.94. The second kappa shape index (κ2) is 9.62. The Labute approximate surface area is 136 Å². The number of nitrogens with zero attached hydrogens (tertiary/aromatic N) is 1. The lowest BCUT2D eigenvalue weighted by Gasteiger charge is -2.36. The first kappa shape index (κ1) is 19.7. The zero-order chi connectivity index (χ0) is 13.0. The van der Waals surface area contributed by atoms with Crippen LogP contribution in [0.4, 0.5) is 0 Å². The summed E-state index contributed by atoms with van der Waals surface area (Å²) in [7, 11) is 0. The fourth-order valence-corrected chi connectivity index (χ4v) is 2.72. The summed E-state index contributed by atoms with van der Waals surface area (Å²) >= 11 is 0. The van der Waals surface area contributed by atoms with Gasteiger partial charge < -0.3 is 5.32 Å². The molecule has 20 heavy (non-hydrogen) atoms. The van der Waals surface area contributed by atoms with Crippen LogP contribution in [-0.2, 0) is 0 Å². The molecular weight excluding hydrogens is 291 g/mol. The van der Waals surface area contributed by atoms with Crippen molar-refractivity contribution in [1.82, 2.24) is 10.2 Å². The quantitative estimate of drug-likeness (QED) is 0.907. The van der Waals surface area contributed by atoms with Gasteiger partial charge in [0.15, 0.2) is 0 Å². The average Bonchev–Trinajstić information content (AvgIpc) is 2.38. The largest absolute Gasteiger partial charge is 0.314 e. The number of hydrogen-bond donors (Lipinski definition) is 1. The highest BCUT2D eigenvalue weighted by molar-refractivity contribution is 5.85. The van der Waals surface area contributed by atoms with E-state index in [1.165, 1.54) is 30.6 Å². The van der Waals surface area contributed by atoms with E-state index in [1.54, 1.807) is 0 Å². The Bertz CT molecular complexity index is 359. The average molecular weight is 319 g/mol. The molecule has 4 heteroatoms. The minimum Gasteiger partial charge on any atom is -0.314 e. The number of halogens is 2.